The van der Waals surface area contributed by atoms with Crippen LogP contribution in [0.15, 0.2) is 18.2 Å². The zero-order valence-corrected chi connectivity index (χ0v) is 13.2. The first-order valence-electron chi connectivity index (χ1n) is 6.57. The molecule has 1 N–H and O–H groups in total. The molecule has 0 fully saturated rings. The van der Waals surface area contributed by atoms with Crippen molar-refractivity contribution in [1.82, 2.24) is 5.32 Å². The van der Waals surface area contributed by atoms with Gasteiger partial charge in [0.1, 0.15) is 0 Å². The largest absolute Gasteiger partial charge is 0.493 e. The molecule has 1 amide bonds. The van der Waals surface area contributed by atoms with Crippen molar-refractivity contribution in [2.75, 3.05) is 34.0 Å². The van der Waals surface area contributed by atoms with Crippen LogP contribution in [-0.2, 0) is 9.53 Å². The molecule has 0 aliphatic carbocycles. The Morgan fingerprint density at radius 1 is 1.38 bits per heavy atom. The molecule has 21 heavy (non-hydrogen) atoms. The van der Waals surface area contributed by atoms with Gasteiger partial charge in [-0.3, -0.25) is 4.79 Å². The lowest BCUT2D eigenvalue weighted by Gasteiger charge is -2.11. The molecule has 0 spiro atoms. The molecule has 1 aromatic carbocycles. The minimum Gasteiger partial charge on any atom is -0.493 e. The lowest BCUT2D eigenvalue weighted by molar-refractivity contribution is -0.116. The van der Waals surface area contributed by atoms with Gasteiger partial charge >= 0.3 is 0 Å². The Morgan fingerprint density at radius 3 is 2.76 bits per heavy atom. The lowest BCUT2D eigenvalue weighted by Crippen LogP contribution is -2.24. The fourth-order valence-corrected chi connectivity index (χ4v) is 1.90. The minimum atomic E-state index is -0.198. The molecule has 0 unspecified atom stereocenters. The fourth-order valence-electron chi connectivity index (χ4n) is 1.63. The number of benzene rings is 1. The predicted octanol–water partition coefficient (Wildman–Crippen LogP) is 2.52. The maximum Gasteiger partial charge on any atom is 0.244 e. The molecule has 6 heteroatoms. The van der Waals surface area contributed by atoms with Crippen molar-refractivity contribution in [3.05, 3.63) is 28.8 Å². The lowest BCUT2D eigenvalue weighted by atomic mass is 10.2. The highest BCUT2D eigenvalue weighted by molar-refractivity contribution is 6.32. The minimum absolute atomic E-state index is 0.198. The summed E-state index contributed by atoms with van der Waals surface area (Å²) in [5.74, 6) is 0.836. The second kappa shape index (κ2) is 9.26. The second-order valence-corrected chi connectivity index (χ2v) is 4.49. The summed E-state index contributed by atoms with van der Waals surface area (Å²) in [4.78, 5) is 11.6. The van der Waals surface area contributed by atoms with E-state index in [2.05, 4.69) is 5.32 Å². The molecule has 116 valence electrons. The summed E-state index contributed by atoms with van der Waals surface area (Å²) >= 11 is 6.15. The molecule has 1 aromatic rings. The van der Waals surface area contributed by atoms with Gasteiger partial charge < -0.3 is 19.5 Å². The van der Waals surface area contributed by atoms with Gasteiger partial charge in [-0.2, -0.15) is 0 Å². The molecule has 0 atom stereocenters. The predicted molar refractivity (Wildman–Crippen MR) is 83.1 cm³/mol. The molecular formula is C15H20ClNO4. The average Bonchev–Trinajstić information content (AvgIpc) is 2.47. The third-order valence-electron chi connectivity index (χ3n) is 2.57. The van der Waals surface area contributed by atoms with Gasteiger partial charge in [0.15, 0.2) is 11.5 Å². The molecule has 0 aliphatic rings. The molecular weight excluding hydrogens is 294 g/mol. The number of methoxy groups -OCH3 is 2. The van der Waals surface area contributed by atoms with Crippen molar-refractivity contribution in [3.8, 4) is 11.5 Å². The van der Waals surface area contributed by atoms with Crippen LogP contribution in [0, 0.1) is 0 Å². The van der Waals surface area contributed by atoms with Gasteiger partial charge in [-0.1, -0.05) is 11.6 Å². The summed E-state index contributed by atoms with van der Waals surface area (Å²) < 4.78 is 15.5. The maximum absolute atomic E-state index is 11.6. The van der Waals surface area contributed by atoms with Gasteiger partial charge in [0, 0.05) is 19.7 Å². The summed E-state index contributed by atoms with van der Waals surface area (Å²) in [5, 5.41) is 3.13. The quantitative estimate of drug-likeness (QED) is 0.592. The summed E-state index contributed by atoms with van der Waals surface area (Å²) in [5.41, 5.74) is 0.752. The Morgan fingerprint density at radius 2 is 2.14 bits per heavy atom. The highest BCUT2D eigenvalue weighted by Crippen LogP contribution is 2.36. The van der Waals surface area contributed by atoms with Crippen molar-refractivity contribution in [2.45, 2.75) is 6.92 Å². The van der Waals surface area contributed by atoms with E-state index >= 15 is 0 Å². The van der Waals surface area contributed by atoms with Crippen LogP contribution in [0.1, 0.15) is 12.5 Å². The maximum atomic E-state index is 11.6. The van der Waals surface area contributed by atoms with E-state index in [1.165, 1.54) is 6.08 Å². The summed E-state index contributed by atoms with van der Waals surface area (Å²) in [6.45, 7) is 3.30. The van der Waals surface area contributed by atoms with Gasteiger partial charge in [0.2, 0.25) is 5.91 Å². The molecule has 0 heterocycles. The van der Waals surface area contributed by atoms with E-state index in [1.54, 1.807) is 32.4 Å². The summed E-state index contributed by atoms with van der Waals surface area (Å²) in [6, 6.07) is 3.48. The van der Waals surface area contributed by atoms with E-state index in [9.17, 15) is 4.79 Å². The van der Waals surface area contributed by atoms with E-state index in [0.717, 1.165) is 5.56 Å². The number of ether oxygens (including phenoxy) is 3. The first-order chi connectivity index (χ1) is 10.1. The van der Waals surface area contributed by atoms with Crippen molar-refractivity contribution in [2.24, 2.45) is 0 Å². The van der Waals surface area contributed by atoms with Gasteiger partial charge in [0.25, 0.3) is 0 Å². The normalized spacial score (nSPS) is 10.7. The van der Waals surface area contributed by atoms with Crippen molar-refractivity contribution in [1.29, 1.82) is 0 Å². The number of hydrogen-bond acceptors (Lipinski definition) is 4. The smallest absolute Gasteiger partial charge is 0.244 e. The number of nitrogens with one attached hydrogen (secondary N) is 1. The molecule has 5 nitrogen and oxygen atoms in total. The van der Waals surface area contributed by atoms with Crippen LogP contribution in [-0.4, -0.2) is 39.9 Å². The zero-order chi connectivity index (χ0) is 15.7. The molecule has 0 aromatic heterocycles. The van der Waals surface area contributed by atoms with Crippen molar-refractivity contribution < 1.29 is 19.0 Å². The van der Waals surface area contributed by atoms with Gasteiger partial charge in [-0.15, -0.1) is 0 Å². The third kappa shape index (κ3) is 5.65. The van der Waals surface area contributed by atoms with Crippen LogP contribution in [0.2, 0.25) is 5.02 Å². The van der Waals surface area contributed by atoms with E-state index in [0.29, 0.717) is 36.3 Å². The topological polar surface area (TPSA) is 56.8 Å². The Labute approximate surface area is 129 Å². The Kier molecular flexibility index (Phi) is 7.64. The van der Waals surface area contributed by atoms with E-state index < -0.39 is 0 Å². The van der Waals surface area contributed by atoms with Gasteiger partial charge in [-0.25, -0.2) is 0 Å². The van der Waals surface area contributed by atoms with Crippen LogP contribution >= 0.6 is 11.6 Å². The standard InChI is InChI=1S/C15H20ClNO4/c1-4-21-15-12(16)9-11(10-13(15)20-3)5-6-14(18)17-7-8-19-2/h5-6,9-10H,4,7-8H2,1-3H3,(H,17,18). The van der Waals surface area contributed by atoms with Crippen LogP contribution in [0.25, 0.3) is 6.08 Å². The van der Waals surface area contributed by atoms with Crippen LogP contribution in [0.5, 0.6) is 11.5 Å². The molecule has 0 saturated carbocycles. The number of carbonyl (C=O) groups is 1. The highest BCUT2D eigenvalue weighted by atomic mass is 35.5. The number of rotatable bonds is 8. The van der Waals surface area contributed by atoms with Gasteiger partial charge in [0.05, 0.1) is 25.3 Å². The Hall–Kier alpha value is -1.72. The number of carbonyl (C=O) groups excluding carboxylic acids is 1. The molecule has 1 rings (SSSR count). The first kappa shape index (κ1) is 17.3. The van der Waals surface area contributed by atoms with Crippen molar-refractivity contribution in [3.63, 3.8) is 0 Å². The third-order valence-corrected chi connectivity index (χ3v) is 2.85. The van der Waals surface area contributed by atoms with Gasteiger partial charge in [-0.05, 0) is 30.7 Å². The number of amides is 1. The molecule has 0 radical (unpaired) electrons. The Balaban J connectivity index is 2.79. The summed E-state index contributed by atoms with van der Waals surface area (Å²) in [6.07, 6.45) is 3.09. The monoisotopic (exact) mass is 313 g/mol. The number of hydrogen-bond donors (Lipinski definition) is 1. The fraction of sp³-hybridized carbons (Fsp3) is 0.400. The molecule has 0 aliphatic heterocycles. The number of halogens is 1. The molecule has 0 bridgehead atoms. The van der Waals surface area contributed by atoms with Crippen LogP contribution in [0.4, 0.5) is 0 Å². The average molecular weight is 314 g/mol. The van der Waals surface area contributed by atoms with E-state index in [-0.39, 0.29) is 5.91 Å². The van der Waals surface area contributed by atoms with Crippen LogP contribution < -0.4 is 14.8 Å². The first-order valence-corrected chi connectivity index (χ1v) is 6.95. The zero-order valence-electron chi connectivity index (χ0n) is 12.4. The Bertz CT molecular complexity index is 503. The van der Waals surface area contributed by atoms with E-state index in [4.69, 9.17) is 25.8 Å². The highest BCUT2D eigenvalue weighted by Gasteiger charge is 2.10. The van der Waals surface area contributed by atoms with Crippen LogP contribution in [0.3, 0.4) is 0 Å². The second-order valence-electron chi connectivity index (χ2n) is 4.08. The van der Waals surface area contributed by atoms with E-state index in [1.807, 2.05) is 6.92 Å². The summed E-state index contributed by atoms with van der Waals surface area (Å²) in [7, 11) is 3.12. The SMILES string of the molecule is CCOc1c(Cl)cc(C=CC(=O)NCCOC)cc1OC. The molecule has 0 saturated heterocycles. The van der Waals surface area contributed by atoms with Crippen molar-refractivity contribution >= 4 is 23.6 Å².